The van der Waals surface area contributed by atoms with Gasteiger partial charge in [0.25, 0.3) is 0 Å². The number of nitrogens with one attached hydrogen (secondary N) is 1. The summed E-state index contributed by atoms with van der Waals surface area (Å²) in [6, 6.07) is 12.0. The maximum Gasteiger partial charge on any atom is 0.149 e. The van der Waals surface area contributed by atoms with Crippen LogP contribution < -0.4 is 5.32 Å². The van der Waals surface area contributed by atoms with E-state index in [-0.39, 0.29) is 6.04 Å². The fourth-order valence-electron chi connectivity index (χ4n) is 2.70. The van der Waals surface area contributed by atoms with Crippen LogP contribution in [-0.4, -0.2) is 0 Å². The molecule has 0 aromatic heterocycles. The summed E-state index contributed by atoms with van der Waals surface area (Å²) >= 11 is 0. The second-order valence-electron chi connectivity index (χ2n) is 4.91. The lowest BCUT2D eigenvalue weighted by atomic mass is 9.87. The van der Waals surface area contributed by atoms with Gasteiger partial charge in [0.2, 0.25) is 0 Å². The first-order valence-electron chi connectivity index (χ1n) is 6.53. The monoisotopic (exact) mass is 259 g/mol. The van der Waals surface area contributed by atoms with Gasteiger partial charge in [-0.2, -0.15) is 0 Å². The van der Waals surface area contributed by atoms with Crippen molar-refractivity contribution in [3.05, 3.63) is 65.2 Å². The molecule has 0 aliphatic heterocycles. The Balaban J connectivity index is 1.88. The molecule has 0 amide bonds. The molecule has 2 aromatic carbocycles. The normalized spacial score (nSPS) is 17.9. The highest BCUT2D eigenvalue weighted by Crippen LogP contribution is 2.33. The van der Waals surface area contributed by atoms with Crippen molar-refractivity contribution in [1.29, 1.82) is 0 Å². The highest BCUT2D eigenvalue weighted by molar-refractivity contribution is 5.48. The van der Waals surface area contributed by atoms with E-state index in [2.05, 4.69) is 17.4 Å². The molecule has 1 atom stereocenters. The Morgan fingerprint density at radius 3 is 2.74 bits per heavy atom. The molecule has 3 heteroatoms. The van der Waals surface area contributed by atoms with Crippen LogP contribution in [0.15, 0.2) is 42.5 Å². The Kier molecular flexibility index (Phi) is 3.20. The maximum absolute atomic E-state index is 13.7. The first kappa shape index (κ1) is 12.2. The number of halogens is 2. The van der Waals surface area contributed by atoms with E-state index in [0.29, 0.717) is 5.69 Å². The number of anilines is 1. The van der Waals surface area contributed by atoms with E-state index in [1.807, 2.05) is 12.1 Å². The minimum atomic E-state index is -0.549. The summed E-state index contributed by atoms with van der Waals surface area (Å²) in [7, 11) is 0. The van der Waals surface area contributed by atoms with Gasteiger partial charge >= 0.3 is 0 Å². The molecule has 3 rings (SSSR count). The van der Waals surface area contributed by atoms with Crippen molar-refractivity contribution in [2.45, 2.75) is 25.3 Å². The van der Waals surface area contributed by atoms with E-state index >= 15 is 0 Å². The molecule has 0 heterocycles. The van der Waals surface area contributed by atoms with Gasteiger partial charge < -0.3 is 5.32 Å². The van der Waals surface area contributed by atoms with Gasteiger partial charge in [-0.1, -0.05) is 24.3 Å². The maximum atomic E-state index is 13.7. The topological polar surface area (TPSA) is 12.0 Å². The van der Waals surface area contributed by atoms with Gasteiger partial charge in [0.15, 0.2) is 0 Å². The summed E-state index contributed by atoms with van der Waals surface area (Å²) in [5.74, 6) is -1.09. The molecule has 0 radical (unpaired) electrons. The molecule has 2 aromatic rings. The Bertz CT molecular complexity index is 595. The summed E-state index contributed by atoms with van der Waals surface area (Å²) in [6.07, 6.45) is 3.12. The zero-order valence-electron chi connectivity index (χ0n) is 10.5. The molecule has 1 unspecified atom stereocenters. The van der Waals surface area contributed by atoms with Gasteiger partial charge in [0.1, 0.15) is 11.6 Å². The molecule has 0 spiro atoms. The van der Waals surface area contributed by atoms with E-state index in [9.17, 15) is 8.78 Å². The number of aryl methyl sites for hydroxylation is 1. The molecule has 0 saturated carbocycles. The molecule has 1 nitrogen and oxygen atoms in total. The van der Waals surface area contributed by atoms with Gasteiger partial charge in [-0.15, -0.1) is 0 Å². The number of benzene rings is 2. The molecule has 0 fully saturated rings. The van der Waals surface area contributed by atoms with Gasteiger partial charge in [0, 0.05) is 6.07 Å². The van der Waals surface area contributed by atoms with Crippen LogP contribution in [0.5, 0.6) is 0 Å². The van der Waals surface area contributed by atoms with Crippen molar-refractivity contribution in [1.82, 2.24) is 0 Å². The van der Waals surface area contributed by atoms with Gasteiger partial charge in [-0.3, -0.25) is 0 Å². The van der Waals surface area contributed by atoms with Crippen molar-refractivity contribution in [3.63, 3.8) is 0 Å². The van der Waals surface area contributed by atoms with E-state index in [4.69, 9.17) is 0 Å². The molecule has 0 bridgehead atoms. The number of hydrogen-bond donors (Lipinski definition) is 1. The van der Waals surface area contributed by atoms with Gasteiger partial charge in [-0.25, -0.2) is 8.78 Å². The first-order valence-corrected chi connectivity index (χ1v) is 6.53. The second kappa shape index (κ2) is 5.00. The zero-order valence-corrected chi connectivity index (χ0v) is 10.5. The largest absolute Gasteiger partial charge is 0.376 e. The van der Waals surface area contributed by atoms with E-state index in [1.54, 1.807) is 0 Å². The molecular formula is C16H15F2N. The first-order chi connectivity index (χ1) is 9.24. The molecule has 0 saturated heterocycles. The molecule has 1 aliphatic carbocycles. The van der Waals surface area contributed by atoms with Crippen LogP contribution >= 0.6 is 0 Å². The zero-order chi connectivity index (χ0) is 13.2. The third-order valence-electron chi connectivity index (χ3n) is 3.63. The van der Waals surface area contributed by atoms with Crippen LogP contribution in [0.3, 0.4) is 0 Å². The van der Waals surface area contributed by atoms with Crippen LogP contribution in [0.2, 0.25) is 0 Å². The third-order valence-corrected chi connectivity index (χ3v) is 3.63. The summed E-state index contributed by atoms with van der Waals surface area (Å²) in [5, 5.41) is 3.19. The summed E-state index contributed by atoms with van der Waals surface area (Å²) in [5.41, 5.74) is 2.90. The number of hydrogen-bond acceptors (Lipinski definition) is 1. The lowest BCUT2D eigenvalue weighted by Gasteiger charge is -2.27. The smallest absolute Gasteiger partial charge is 0.149 e. The van der Waals surface area contributed by atoms with Crippen molar-refractivity contribution in [2.75, 3.05) is 5.32 Å². The molecule has 1 aliphatic rings. The van der Waals surface area contributed by atoms with E-state index in [0.717, 1.165) is 25.3 Å². The van der Waals surface area contributed by atoms with Crippen LogP contribution in [0, 0.1) is 11.6 Å². The van der Waals surface area contributed by atoms with Crippen LogP contribution in [-0.2, 0) is 6.42 Å². The van der Waals surface area contributed by atoms with Crippen LogP contribution in [0.25, 0.3) is 0 Å². The van der Waals surface area contributed by atoms with Gasteiger partial charge in [-0.05, 0) is 42.5 Å². The van der Waals surface area contributed by atoms with E-state index in [1.165, 1.54) is 23.3 Å². The van der Waals surface area contributed by atoms with Crippen molar-refractivity contribution in [3.8, 4) is 0 Å². The fraction of sp³-hybridized carbons (Fsp3) is 0.250. The Labute approximate surface area is 111 Å². The SMILES string of the molecule is Fc1ccc(NC2CCCc3ccccc32)c(F)c1. The highest BCUT2D eigenvalue weighted by atomic mass is 19.1. The number of rotatable bonds is 2. The van der Waals surface area contributed by atoms with Crippen LogP contribution in [0.4, 0.5) is 14.5 Å². The highest BCUT2D eigenvalue weighted by Gasteiger charge is 2.20. The minimum absolute atomic E-state index is 0.102. The lowest BCUT2D eigenvalue weighted by Crippen LogP contribution is -2.17. The molecular weight excluding hydrogens is 244 g/mol. The Hall–Kier alpha value is -1.90. The summed E-state index contributed by atoms with van der Waals surface area (Å²) in [6.45, 7) is 0. The predicted molar refractivity (Wildman–Crippen MR) is 72.1 cm³/mol. The third kappa shape index (κ3) is 2.46. The Morgan fingerprint density at radius 1 is 1.05 bits per heavy atom. The average Bonchev–Trinajstić information content (AvgIpc) is 2.42. The van der Waals surface area contributed by atoms with Crippen molar-refractivity contribution >= 4 is 5.69 Å². The Morgan fingerprint density at radius 2 is 1.89 bits per heavy atom. The fourth-order valence-corrected chi connectivity index (χ4v) is 2.70. The van der Waals surface area contributed by atoms with Gasteiger partial charge in [0.05, 0.1) is 11.7 Å². The minimum Gasteiger partial charge on any atom is -0.376 e. The quantitative estimate of drug-likeness (QED) is 0.840. The molecule has 98 valence electrons. The standard InChI is InChI=1S/C16H15F2N/c17-12-8-9-16(14(18)10-12)19-15-7-3-5-11-4-1-2-6-13(11)15/h1-2,4,6,8-10,15,19H,3,5,7H2. The number of fused-ring (bicyclic) bond motifs is 1. The lowest BCUT2D eigenvalue weighted by molar-refractivity contribution is 0.571. The predicted octanol–water partition coefficient (Wildman–Crippen LogP) is 4.45. The molecule has 1 N–H and O–H groups in total. The summed E-state index contributed by atoms with van der Waals surface area (Å²) < 4.78 is 26.6. The van der Waals surface area contributed by atoms with Crippen molar-refractivity contribution < 1.29 is 8.78 Å². The van der Waals surface area contributed by atoms with E-state index < -0.39 is 11.6 Å². The molecule has 19 heavy (non-hydrogen) atoms. The van der Waals surface area contributed by atoms with Crippen molar-refractivity contribution in [2.24, 2.45) is 0 Å². The van der Waals surface area contributed by atoms with Crippen LogP contribution in [0.1, 0.15) is 30.0 Å². The average molecular weight is 259 g/mol. The second-order valence-corrected chi connectivity index (χ2v) is 4.91. The summed E-state index contributed by atoms with van der Waals surface area (Å²) in [4.78, 5) is 0.